The van der Waals surface area contributed by atoms with Crippen LogP contribution in [0.1, 0.15) is 83.3 Å². The van der Waals surface area contributed by atoms with Gasteiger partial charge in [-0.1, -0.05) is 6.07 Å². The zero-order chi connectivity index (χ0) is 32.1. The molecule has 2 saturated carbocycles. The molecule has 1 spiro atoms. The van der Waals surface area contributed by atoms with E-state index in [4.69, 9.17) is 30.2 Å². The molecule has 6 N–H and O–H groups in total. The highest BCUT2D eigenvalue weighted by Crippen LogP contribution is 2.57. The van der Waals surface area contributed by atoms with Crippen LogP contribution in [0.3, 0.4) is 0 Å². The maximum absolute atomic E-state index is 13.0. The number of amides is 2. The fraction of sp³-hybridized carbons (Fsp3) is 0.531. The van der Waals surface area contributed by atoms with Gasteiger partial charge in [0.05, 0.1) is 45.9 Å². The first-order valence-electron chi connectivity index (χ1n) is 15.0. The summed E-state index contributed by atoms with van der Waals surface area (Å²) in [7, 11) is -0.583. The van der Waals surface area contributed by atoms with Gasteiger partial charge in [-0.05, 0) is 102 Å². The van der Waals surface area contributed by atoms with Crippen molar-refractivity contribution in [1.29, 1.82) is 0 Å². The molecule has 0 bridgehead atoms. The number of nitrogens with one attached hydrogen (secondary N) is 1. The second kappa shape index (κ2) is 11.4. The summed E-state index contributed by atoms with van der Waals surface area (Å²) in [5.41, 5.74) is 11.4. The number of aromatic nitrogens is 1. The molecular formula is C32H43BN4O7. The summed E-state index contributed by atoms with van der Waals surface area (Å²) in [4.78, 5) is 29.5. The van der Waals surface area contributed by atoms with Gasteiger partial charge in [-0.25, -0.2) is 0 Å². The molecule has 1 aromatic carbocycles. The van der Waals surface area contributed by atoms with Crippen molar-refractivity contribution in [3.05, 3.63) is 54.0 Å². The SMILES string of the molecule is CC(C)(O)COc1ccc(C(=CN)C(=O)NC2CC3(C2)CC(Oc2cc(B4OC(C)(C)C(C)(C)O4)ccc2C(N)=O)C3)nc1. The molecule has 11 nitrogen and oxygen atoms in total. The van der Waals surface area contributed by atoms with Crippen molar-refractivity contribution >= 4 is 30.0 Å². The van der Waals surface area contributed by atoms with Gasteiger partial charge >= 0.3 is 7.12 Å². The van der Waals surface area contributed by atoms with Crippen LogP contribution in [0.25, 0.3) is 5.57 Å². The molecular weight excluding hydrogens is 563 g/mol. The Morgan fingerprint density at radius 2 is 1.77 bits per heavy atom. The van der Waals surface area contributed by atoms with E-state index in [1.165, 1.54) is 12.4 Å². The molecule has 0 radical (unpaired) electrons. The summed E-state index contributed by atoms with van der Waals surface area (Å²) in [5, 5.41) is 12.9. The van der Waals surface area contributed by atoms with Crippen LogP contribution in [0.4, 0.5) is 0 Å². The molecule has 44 heavy (non-hydrogen) atoms. The average Bonchev–Trinajstić information content (AvgIpc) is 3.11. The highest BCUT2D eigenvalue weighted by molar-refractivity contribution is 6.62. The number of benzene rings is 1. The molecule has 1 aliphatic heterocycles. The summed E-state index contributed by atoms with van der Waals surface area (Å²) in [5.74, 6) is 0.0618. The molecule has 12 heteroatoms. The number of carbonyl (C=O) groups is 2. The Morgan fingerprint density at radius 3 is 2.32 bits per heavy atom. The van der Waals surface area contributed by atoms with E-state index < -0.39 is 29.8 Å². The summed E-state index contributed by atoms with van der Waals surface area (Å²) in [6, 6.07) is 8.60. The van der Waals surface area contributed by atoms with Crippen molar-refractivity contribution in [2.24, 2.45) is 16.9 Å². The Labute approximate surface area is 258 Å². The molecule has 0 unspecified atom stereocenters. The average molecular weight is 607 g/mol. The van der Waals surface area contributed by atoms with Gasteiger partial charge in [0.25, 0.3) is 11.8 Å². The van der Waals surface area contributed by atoms with Crippen molar-refractivity contribution in [3.63, 3.8) is 0 Å². The lowest BCUT2D eigenvalue weighted by Crippen LogP contribution is -2.58. The van der Waals surface area contributed by atoms with Gasteiger partial charge in [0.1, 0.15) is 18.1 Å². The number of rotatable bonds is 10. The van der Waals surface area contributed by atoms with Crippen LogP contribution in [-0.4, -0.2) is 64.6 Å². The third-order valence-corrected chi connectivity index (χ3v) is 9.12. The van der Waals surface area contributed by atoms with Crippen molar-refractivity contribution in [1.82, 2.24) is 10.3 Å². The number of nitrogens with zero attached hydrogens (tertiary/aromatic N) is 1. The number of pyridine rings is 1. The van der Waals surface area contributed by atoms with E-state index in [2.05, 4.69) is 10.3 Å². The van der Waals surface area contributed by atoms with E-state index in [9.17, 15) is 14.7 Å². The highest BCUT2D eigenvalue weighted by Gasteiger charge is 2.55. The first kappa shape index (κ1) is 31.8. The van der Waals surface area contributed by atoms with Crippen molar-refractivity contribution < 1.29 is 33.5 Å². The van der Waals surface area contributed by atoms with Crippen molar-refractivity contribution in [2.75, 3.05) is 6.61 Å². The predicted octanol–water partition coefficient (Wildman–Crippen LogP) is 2.44. The normalized spacial score (nSPS) is 25.6. The van der Waals surface area contributed by atoms with Gasteiger partial charge in [0, 0.05) is 12.2 Å². The van der Waals surface area contributed by atoms with Gasteiger partial charge < -0.3 is 40.7 Å². The van der Waals surface area contributed by atoms with Crippen molar-refractivity contribution in [2.45, 2.75) is 96.2 Å². The second-order valence-corrected chi connectivity index (χ2v) is 14.0. The summed E-state index contributed by atoms with van der Waals surface area (Å²) < 4.78 is 24.2. The van der Waals surface area contributed by atoms with Crippen LogP contribution < -0.4 is 31.7 Å². The molecule has 2 aromatic rings. The standard InChI is InChI=1S/C32H43BN4O7/c1-29(2,40)18-41-21-8-10-25(36-17-21)24(16-34)28(39)37-20-12-32(13-20)14-22(15-32)42-26-11-19(7-9-23(26)27(35)38)33-43-30(3,4)31(5,6)44-33/h7-11,16-17,20,22,40H,12-15,18,34H2,1-6H3,(H2,35,38)(H,37,39). The molecule has 2 amide bonds. The summed E-state index contributed by atoms with van der Waals surface area (Å²) in [6.45, 7) is 11.4. The monoisotopic (exact) mass is 606 g/mol. The fourth-order valence-electron chi connectivity index (χ4n) is 5.98. The second-order valence-electron chi connectivity index (χ2n) is 14.0. The van der Waals surface area contributed by atoms with Crippen LogP contribution >= 0.6 is 0 Å². The number of aliphatic hydroxyl groups is 1. The first-order valence-corrected chi connectivity index (χ1v) is 15.0. The third-order valence-electron chi connectivity index (χ3n) is 9.12. The van der Waals surface area contributed by atoms with Gasteiger partial charge in [-0.2, -0.15) is 0 Å². The van der Waals surface area contributed by atoms with E-state index in [0.717, 1.165) is 31.1 Å². The molecule has 5 rings (SSSR count). The zero-order valence-corrected chi connectivity index (χ0v) is 26.3. The Kier molecular flexibility index (Phi) is 8.24. The number of hydrogen-bond donors (Lipinski definition) is 4. The maximum Gasteiger partial charge on any atom is 0.494 e. The molecule has 3 fully saturated rings. The van der Waals surface area contributed by atoms with Crippen LogP contribution in [0.2, 0.25) is 0 Å². The van der Waals surface area contributed by atoms with Gasteiger partial charge in [0.2, 0.25) is 0 Å². The smallest absolute Gasteiger partial charge is 0.490 e. The van der Waals surface area contributed by atoms with Gasteiger partial charge in [-0.15, -0.1) is 0 Å². The number of ether oxygens (including phenoxy) is 2. The molecule has 1 saturated heterocycles. The van der Waals surface area contributed by atoms with E-state index in [-0.39, 0.29) is 35.6 Å². The van der Waals surface area contributed by atoms with E-state index in [1.807, 2.05) is 27.7 Å². The minimum atomic E-state index is -0.972. The topological polar surface area (TPSA) is 168 Å². The first-order chi connectivity index (χ1) is 20.5. The zero-order valence-electron chi connectivity index (χ0n) is 26.3. The van der Waals surface area contributed by atoms with Crippen LogP contribution in [-0.2, 0) is 14.1 Å². The lowest BCUT2D eigenvalue weighted by Gasteiger charge is -2.57. The number of hydrogen-bond acceptors (Lipinski definition) is 9. The van der Waals surface area contributed by atoms with E-state index >= 15 is 0 Å². The summed E-state index contributed by atoms with van der Waals surface area (Å²) in [6.07, 6.45) is 5.95. The third kappa shape index (κ3) is 6.57. The Bertz CT molecular complexity index is 1420. The minimum absolute atomic E-state index is 0.0145. The van der Waals surface area contributed by atoms with Crippen LogP contribution in [0.5, 0.6) is 11.5 Å². The molecule has 1 aromatic heterocycles. The quantitative estimate of drug-likeness (QED) is 0.235. The highest BCUT2D eigenvalue weighted by atomic mass is 16.7. The lowest BCUT2D eigenvalue weighted by atomic mass is 9.53. The number of primary amides is 1. The number of nitrogens with two attached hydrogens (primary N) is 2. The van der Waals surface area contributed by atoms with Gasteiger partial charge in [-0.3, -0.25) is 14.6 Å². The fourth-order valence-corrected chi connectivity index (χ4v) is 5.98. The maximum atomic E-state index is 13.0. The van der Waals surface area contributed by atoms with E-state index in [1.54, 1.807) is 44.2 Å². The Balaban J connectivity index is 1.14. The molecule has 0 atom stereocenters. The Morgan fingerprint density at radius 1 is 1.11 bits per heavy atom. The number of carbonyl (C=O) groups excluding carboxylic acids is 2. The van der Waals surface area contributed by atoms with Gasteiger partial charge in [0.15, 0.2) is 0 Å². The molecule has 3 aliphatic rings. The van der Waals surface area contributed by atoms with Crippen LogP contribution in [0, 0.1) is 5.41 Å². The summed E-state index contributed by atoms with van der Waals surface area (Å²) >= 11 is 0. The van der Waals surface area contributed by atoms with E-state index in [0.29, 0.717) is 22.8 Å². The predicted molar refractivity (Wildman–Crippen MR) is 166 cm³/mol. The molecule has 236 valence electrons. The van der Waals surface area contributed by atoms with Crippen LogP contribution in [0.15, 0.2) is 42.7 Å². The molecule has 2 aliphatic carbocycles. The largest absolute Gasteiger partial charge is 0.494 e. The Hall–Kier alpha value is -3.61. The lowest BCUT2D eigenvalue weighted by molar-refractivity contribution is -0.122. The molecule has 2 heterocycles. The van der Waals surface area contributed by atoms with Crippen molar-refractivity contribution in [3.8, 4) is 11.5 Å². The minimum Gasteiger partial charge on any atom is -0.490 e.